The van der Waals surface area contributed by atoms with E-state index >= 15 is 0 Å². The maximum Gasteiger partial charge on any atom is 0.276 e. The highest BCUT2D eigenvalue weighted by atomic mass is 32.2. The third-order valence-electron chi connectivity index (χ3n) is 4.53. The normalized spacial score (nSPS) is 19.6. The summed E-state index contributed by atoms with van der Waals surface area (Å²) >= 11 is 0. The number of nitro benzene ring substituents is 1. The molecule has 1 heterocycles. The molecule has 0 saturated carbocycles. The lowest BCUT2D eigenvalue weighted by atomic mass is 10.1. The molecule has 1 saturated heterocycles. The Kier molecular flexibility index (Phi) is 5.82. The summed E-state index contributed by atoms with van der Waals surface area (Å²) in [5, 5.41) is 34.4. The van der Waals surface area contributed by atoms with E-state index in [2.05, 4.69) is 9.93 Å². The average molecular weight is 420 g/mol. The van der Waals surface area contributed by atoms with Crippen LogP contribution in [0.3, 0.4) is 0 Å². The molecule has 2 atom stereocenters. The van der Waals surface area contributed by atoms with Crippen molar-refractivity contribution in [2.24, 2.45) is 5.10 Å². The average Bonchev–Trinajstić information content (AvgIpc) is 3.00. The van der Waals surface area contributed by atoms with Gasteiger partial charge in [0.05, 0.1) is 28.2 Å². The van der Waals surface area contributed by atoms with Crippen LogP contribution in [0.2, 0.25) is 0 Å². The first-order chi connectivity index (χ1) is 13.7. The molecular formula is C18H20N4O6S. The number of benzene rings is 2. The molecule has 11 heteroatoms. The van der Waals surface area contributed by atoms with Crippen molar-refractivity contribution in [3.8, 4) is 0 Å². The van der Waals surface area contributed by atoms with Crippen LogP contribution in [0, 0.1) is 17.0 Å². The molecule has 0 amide bonds. The summed E-state index contributed by atoms with van der Waals surface area (Å²) in [6.07, 6.45) is -0.740. The van der Waals surface area contributed by atoms with Gasteiger partial charge in [0.2, 0.25) is 0 Å². The number of nitrogens with one attached hydrogen (secondary N) is 1. The largest absolute Gasteiger partial charge is 0.389 e. The van der Waals surface area contributed by atoms with Gasteiger partial charge in [-0.25, -0.2) is 4.83 Å². The molecule has 2 aromatic carbocycles. The summed E-state index contributed by atoms with van der Waals surface area (Å²) in [6, 6.07) is 10.2. The second kappa shape index (κ2) is 8.15. The van der Waals surface area contributed by atoms with Gasteiger partial charge in [0.1, 0.15) is 0 Å². The van der Waals surface area contributed by atoms with Crippen LogP contribution in [0.15, 0.2) is 52.5 Å². The first kappa shape index (κ1) is 20.7. The zero-order chi connectivity index (χ0) is 21.2. The maximum atomic E-state index is 12.3. The van der Waals surface area contributed by atoms with Crippen molar-refractivity contribution in [1.29, 1.82) is 0 Å². The van der Waals surface area contributed by atoms with Gasteiger partial charge >= 0.3 is 0 Å². The molecule has 2 aromatic rings. The number of anilines is 1. The molecule has 2 unspecified atom stereocenters. The van der Waals surface area contributed by atoms with E-state index in [1.54, 1.807) is 17.0 Å². The quantitative estimate of drug-likeness (QED) is 0.355. The first-order valence-electron chi connectivity index (χ1n) is 8.68. The predicted molar refractivity (Wildman–Crippen MR) is 106 cm³/mol. The fraction of sp³-hybridized carbons (Fsp3) is 0.278. The number of rotatable bonds is 6. The van der Waals surface area contributed by atoms with E-state index in [0.717, 1.165) is 11.8 Å². The Balaban J connectivity index is 1.87. The second-order valence-electron chi connectivity index (χ2n) is 6.71. The Labute approximate surface area is 167 Å². The Morgan fingerprint density at radius 2 is 1.79 bits per heavy atom. The van der Waals surface area contributed by atoms with E-state index in [-0.39, 0.29) is 29.2 Å². The lowest BCUT2D eigenvalue weighted by Crippen LogP contribution is -2.23. The number of aliphatic hydroxyl groups is 2. The van der Waals surface area contributed by atoms with E-state index in [1.165, 1.54) is 30.3 Å². The first-order valence-corrected chi connectivity index (χ1v) is 10.2. The number of sulfonamides is 1. The zero-order valence-electron chi connectivity index (χ0n) is 15.5. The number of aryl methyl sites for hydroxylation is 1. The van der Waals surface area contributed by atoms with Crippen LogP contribution in [-0.2, 0) is 10.0 Å². The third kappa shape index (κ3) is 4.70. The minimum absolute atomic E-state index is 0.0327. The van der Waals surface area contributed by atoms with E-state index in [1.807, 2.05) is 6.92 Å². The van der Waals surface area contributed by atoms with Crippen LogP contribution >= 0.6 is 0 Å². The van der Waals surface area contributed by atoms with Crippen LogP contribution < -0.4 is 9.73 Å². The molecule has 0 spiro atoms. The third-order valence-corrected chi connectivity index (χ3v) is 5.77. The van der Waals surface area contributed by atoms with Crippen molar-refractivity contribution < 1.29 is 23.6 Å². The highest BCUT2D eigenvalue weighted by Crippen LogP contribution is 2.27. The lowest BCUT2D eigenvalue weighted by molar-refractivity contribution is -0.384. The minimum atomic E-state index is -3.90. The number of hydrogen-bond acceptors (Lipinski definition) is 8. The van der Waals surface area contributed by atoms with Gasteiger partial charge in [-0.3, -0.25) is 10.1 Å². The van der Waals surface area contributed by atoms with E-state index in [0.29, 0.717) is 5.69 Å². The van der Waals surface area contributed by atoms with Crippen molar-refractivity contribution in [2.45, 2.75) is 24.0 Å². The minimum Gasteiger partial charge on any atom is -0.389 e. The molecule has 0 bridgehead atoms. The monoisotopic (exact) mass is 420 g/mol. The zero-order valence-corrected chi connectivity index (χ0v) is 16.3. The van der Waals surface area contributed by atoms with Gasteiger partial charge in [0.15, 0.2) is 0 Å². The summed E-state index contributed by atoms with van der Waals surface area (Å²) in [7, 11) is -3.90. The summed E-state index contributed by atoms with van der Waals surface area (Å²) in [4.78, 5) is 14.3. The van der Waals surface area contributed by atoms with Gasteiger partial charge < -0.3 is 15.1 Å². The van der Waals surface area contributed by atoms with Gasteiger partial charge in [0, 0.05) is 36.5 Å². The van der Waals surface area contributed by atoms with Crippen LogP contribution in [0.4, 0.5) is 11.4 Å². The van der Waals surface area contributed by atoms with Gasteiger partial charge in [-0.15, -0.1) is 0 Å². The molecular weight excluding hydrogens is 400 g/mol. The Morgan fingerprint density at radius 3 is 2.38 bits per heavy atom. The van der Waals surface area contributed by atoms with Gasteiger partial charge in [0.25, 0.3) is 15.7 Å². The summed E-state index contributed by atoms with van der Waals surface area (Å²) in [5.74, 6) is 0. The number of hydrazone groups is 1. The van der Waals surface area contributed by atoms with Gasteiger partial charge in [-0.1, -0.05) is 17.7 Å². The number of hydrogen-bond donors (Lipinski definition) is 3. The molecule has 29 heavy (non-hydrogen) atoms. The van der Waals surface area contributed by atoms with Crippen molar-refractivity contribution in [1.82, 2.24) is 4.83 Å². The molecule has 1 aliphatic rings. The Bertz CT molecular complexity index is 1030. The van der Waals surface area contributed by atoms with Crippen LogP contribution in [0.1, 0.15) is 11.1 Å². The van der Waals surface area contributed by atoms with Crippen molar-refractivity contribution in [3.63, 3.8) is 0 Å². The topological polar surface area (TPSA) is 145 Å². The molecule has 0 radical (unpaired) electrons. The standard InChI is InChI=1S/C18H20N4O6S/c1-12-2-5-15(6-3-12)29(27,28)20-19-9-13-8-14(22(25)26)4-7-16(13)21-10-17(23)18(24)11-21/h2-9,17-18,20,23-24H,10-11H2,1H3. The van der Waals surface area contributed by atoms with Crippen LogP contribution in [0.25, 0.3) is 0 Å². The van der Waals surface area contributed by atoms with E-state index < -0.39 is 27.2 Å². The SMILES string of the molecule is Cc1ccc(S(=O)(=O)NN=Cc2cc([N+](=O)[O-])ccc2N2CC(O)C(O)C2)cc1. The smallest absolute Gasteiger partial charge is 0.276 e. The molecule has 3 N–H and O–H groups in total. The number of non-ortho nitro benzene ring substituents is 1. The number of nitrogens with zero attached hydrogens (tertiary/aromatic N) is 3. The van der Waals surface area contributed by atoms with Crippen LogP contribution in [-0.4, -0.2) is 55.1 Å². The molecule has 154 valence electrons. The van der Waals surface area contributed by atoms with E-state index in [9.17, 15) is 28.7 Å². The molecule has 1 aliphatic heterocycles. The number of nitro groups is 1. The number of aliphatic hydroxyl groups excluding tert-OH is 2. The Hall–Kier alpha value is -3.02. The van der Waals surface area contributed by atoms with Crippen molar-refractivity contribution in [3.05, 3.63) is 63.7 Å². The molecule has 3 rings (SSSR count). The maximum absolute atomic E-state index is 12.3. The van der Waals surface area contributed by atoms with Crippen LogP contribution in [0.5, 0.6) is 0 Å². The van der Waals surface area contributed by atoms with Gasteiger partial charge in [-0.05, 0) is 25.1 Å². The van der Waals surface area contributed by atoms with Crippen molar-refractivity contribution >= 4 is 27.6 Å². The second-order valence-corrected chi connectivity index (χ2v) is 8.37. The Morgan fingerprint density at radius 1 is 1.17 bits per heavy atom. The highest BCUT2D eigenvalue weighted by Gasteiger charge is 2.31. The fourth-order valence-corrected chi connectivity index (χ4v) is 3.74. The summed E-state index contributed by atoms with van der Waals surface area (Å²) in [6.45, 7) is 2.10. The van der Waals surface area contributed by atoms with Gasteiger partial charge in [-0.2, -0.15) is 13.5 Å². The predicted octanol–water partition coefficient (Wildman–Crippen LogP) is 0.757. The summed E-state index contributed by atoms with van der Waals surface area (Å²) in [5.41, 5.74) is 1.46. The van der Waals surface area contributed by atoms with Crippen molar-refractivity contribution in [2.75, 3.05) is 18.0 Å². The molecule has 0 aromatic heterocycles. The number of β-amino-alcohol motifs (C(OH)–C–C–N with tert-alkyl or cyclic N) is 2. The summed E-state index contributed by atoms with van der Waals surface area (Å²) < 4.78 is 24.7. The highest BCUT2D eigenvalue weighted by molar-refractivity contribution is 7.89. The molecule has 0 aliphatic carbocycles. The van der Waals surface area contributed by atoms with E-state index in [4.69, 9.17) is 0 Å². The molecule has 10 nitrogen and oxygen atoms in total. The molecule has 1 fully saturated rings. The lowest BCUT2D eigenvalue weighted by Gasteiger charge is -2.19. The fourth-order valence-electron chi connectivity index (χ4n) is 2.95.